The lowest BCUT2D eigenvalue weighted by atomic mass is 9.90. The Kier molecular flexibility index (Phi) is 4.07. The van der Waals surface area contributed by atoms with Crippen LogP contribution in [0.2, 0.25) is 0 Å². The number of nitrogens with two attached hydrogens (primary N) is 1. The van der Waals surface area contributed by atoms with Crippen LogP contribution in [0, 0.1) is 17.6 Å². The number of hydrogen-bond acceptors (Lipinski definition) is 2. The highest BCUT2D eigenvalue weighted by Gasteiger charge is 2.22. The summed E-state index contributed by atoms with van der Waals surface area (Å²) >= 11 is 0. The molecular weight excluding hydrogens is 224 g/mol. The number of hydrogen-bond donors (Lipinski definition) is 1. The molecule has 1 heterocycles. The van der Waals surface area contributed by atoms with E-state index in [-0.39, 0.29) is 12.0 Å². The Bertz CT molecular complexity index is 378. The molecule has 0 bridgehead atoms. The molecule has 2 atom stereocenters. The second-order valence-electron chi connectivity index (χ2n) is 4.56. The van der Waals surface area contributed by atoms with E-state index in [1.165, 1.54) is 6.07 Å². The van der Waals surface area contributed by atoms with Crippen LogP contribution in [0.5, 0.6) is 0 Å². The van der Waals surface area contributed by atoms with Gasteiger partial charge in [-0.15, -0.1) is 0 Å². The average molecular weight is 241 g/mol. The maximum absolute atomic E-state index is 13.5. The Morgan fingerprint density at radius 1 is 1.41 bits per heavy atom. The molecule has 2 N–H and O–H groups in total. The van der Waals surface area contributed by atoms with Gasteiger partial charge in [-0.25, -0.2) is 8.78 Å². The molecule has 2 nitrogen and oxygen atoms in total. The van der Waals surface area contributed by atoms with Crippen molar-refractivity contribution >= 4 is 0 Å². The summed E-state index contributed by atoms with van der Waals surface area (Å²) in [5.41, 5.74) is 6.38. The highest BCUT2D eigenvalue weighted by molar-refractivity contribution is 5.20. The van der Waals surface area contributed by atoms with E-state index >= 15 is 0 Å². The molecule has 2 unspecified atom stereocenters. The molecule has 1 aromatic carbocycles. The van der Waals surface area contributed by atoms with E-state index < -0.39 is 11.6 Å². The second kappa shape index (κ2) is 5.56. The first kappa shape index (κ1) is 12.5. The lowest BCUT2D eigenvalue weighted by Gasteiger charge is -2.27. The van der Waals surface area contributed by atoms with Gasteiger partial charge in [0.2, 0.25) is 0 Å². The van der Waals surface area contributed by atoms with Crippen LogP contribution in [0.3, 0.4) is 0 Å². The molecule has 1 fully saturated rings. The van der Waals surface area contributed by atoms with Gasteiger partial charge >= 0.3 is 0 Å². The van der Waals surface area contributed by atoms with E-state index in [2.05, 4.69) is 0 Å². The van der Waals surface area contributed by atoms with Gasteiger partial charge in [-0.1, -0.05) is 12.1 Å². The quantitative estimate of drug-likeness (QED) is 0.881. The lowest BCUT2D eigenvalue weighted by molar-refractivity contribution is 0.0449. The Morgan fingerprint density at radius 2 is 2.24 bits per heavy atom. The maximum atomic E-state index is 13.5. The molecule has 0 saturated carbocycles. The zero-order chi connectivity index (χ0) is 12.3. The Balaban J connectivity index is 2.01. The zero-order valence-corrected chi connectivity index (χ0v) is 9.66. The molecule has 0 aliphatic carbocycles. The van der Waals surface area contributed by atoms with Crippen molar-refractivity contribution < 1.29 is 13.5 Å². The summed E-state index contributed by atoms with van der Waals surface area (Å²) < 4.78 is 31.8. The molecule has 1 aromatic rings. The Morgan fingerprint density at radius 3 is 2.94 bits per heavy atom. The molecule has 17 heavy (non-hydrogen) atoms. The molecule has 94 valence electrons. The van der Waals surface area contributed by atoms with Crippen molar-refractivity contribution in [3.63, 3.8) is 0 Å². The van der Waals surface area contributed by atoms with Gasteiger partial charge in [-0.2, -0.15) is 0 Å². The SMILES string of the molecule is NC(Cc1cccc(F)c1F)C1CCCOC1. The predicted molar refractivity (Wildman–Crippen MR) is 61.6 cm³/mol. The van der Waals surface area contributed by atoms with Crippen molar-refractivity contribution in [2.45, 2.75) is 25.3 Å². The van der Waals surface area contributed by atoms with Crippen molar-refractivity contribution in [1.82, 2.24) is 0 Å². The van der Waals surface area contributed by atoms with Crippen LogP contribution in [-0.4, -0.2) is 19.3 Å². The van der Waals surface area contributed by atoms with E-state index in [9.17, 15) is 8.78 Å². The van der Waals surface area contributed by atoms with Crippen molar-refractivity contribution in [2.75, 3.05) is 13.2 Å². The summed E-state index contributed by atoms with van der Waals surface area (Å²) in [6.45, 7) is 1.40. The second-order valence-corrected chi connectivity index (χ2v) is 4.56. The van der Waals surface area contributed by atoms with Gasteiger partial charge in [0.1, 0.15) is 0 Å². The topological polar surface area (TPSA) is 35.2 Å². The van der Waals surface area contributed by atoms with Crippen LogP contribution in [0.15, 0.2) is 18.2 Å². The number of ether oxygens (including phenoxy) is 1. The van der Waals surface area contributed by atoms with Crippen molar-refractivity contribution in [1.29, 1.82) is 0 Å². The standard InChI is InChI=1S/C13H17F2NO/c14-11-5-1-3-9(13(11)15)7-12(16)10-4-2-6-17-8-10/h1,3,5,10,12H,2,4,6-8,16H2. The van der Waals surface area contributed by atoms with Crippen molar-refractivity contribution in [2.24, 2.45) is 11.7 Å². The molecule has 0 spiro atoms. The first-order valence-corrected chi connectivity index (χ1v) is 5.94. The summed E-state index contributed by atoms with van der Waals surface area (Å²) in [4.78, 5) is 0. The number of halogens is 2. The van der Waals surface area contributed by atoms with Crippen LogP contribution in [0.1, 0.15) is 18.4 Å². The molecular formula is C13H17F2NO. The molecule has 1 aliphatic heterocycles. The van der Waals surface area contributed by atoms with Crippen LogP contribution >= 0.6 is 0 Å². The first-order valence-electron chi connectivity index (χ1n) is 5.94. The Hall–Kier alpha value is -1.00. The highest BCUT2D eigenvalue weighted by atomic mass is 19.2. The normalized spacial score (nSPS) is 22.4. The van der Waals surface area contributed by atoms with Gasteiger partial charge in [-0.05, 0) is 36.8 Å². The summed E-state index contributed by atoms with van der Waals surface area (Å²) in [6, 6.07) is 4.04. The van der Waals surface area contributed by atoms with E-state index in [1.54, 1.807) is 6.07 Å². The fourth-order valence-electron chi connectivity index (χ4n) is 2.23. The average Bonchev–Trinajstić information content (AvgIpc) is 2.36. The van der Waals surface area contributed by atoms with Crippen LogP contribution in [0.4, 0.5) is 8.78 Å². The molecule has 4 heteroatoms. The first-order chi connectivity index (χ1) is 8.18. The van der Waals surface area contributed by atoms with Gasteiger partial charge < -0.3 is 10.5 Å². The third-order valence-electron chi connectivity index (χ3n) is 3.29. The minimum absolute atomic E-state index is 0.174. The summed E-state index contributed by atoms with van der Waals surface area (Å²) in [6.07, 6.45) is 2.35. The maximum Gasteiger partial charge on any atom is 0.162 e. The minimum atomic E-state index is -0.811. The fourth-order valence-corrected chi connectivity index (χ4v) is 2.23. The van der Waals surface area contributed by atoms with Crippen molar-refractivity contribution in [3.05, 3.63) is 35.4 Å². The largest absolute Gasteiger partial charge is 0.381 e. The predicted octanol–water partition coefficient (Wildman–Crippen LogP) is 2.26. The van der Waals surface area contributed by atoms with E-state index in [0.717, 1.165) is 25.5 Å². The van der Waals surface area contributed by atoms with Crippen LogP contribution < -0.4 is 5.73 Å². The fraction of sp³-hybridized carbons (Fsp3) is 0.538. The minimum Gasteiger partial charge on any atom is -0.381 e. The van der Waals surface area contributed by atoms with Crippen LogP contribution in [-0.2, 0) is 11.2 Å². The summed E-state index contributed by atoms with van der Waals surface area (Å²) in [5, 5.41) is 0. The van der Waals surface area contributed by atoms with Gasteiger partial charge in [0, 0.05) is 12.6 Å². The van der Waals surface area contributed by atoms with E-state index in [4.69, 9.17) is 10.5 Å². The molecule has 2 rings (SSSR count). The Labute approximate surface area is 99.8 Å². The van der Waals surface area contributed by atoms with Crippen molar-refractivity contribution in [3.8, 4) is 0 Å². The monoisotopic (exact) mass is 241 g/mol. The highest BCUT2D eigenvalue weighted by Crippen LogP contribution is 2.20. The number of rotatable bonds is 3. The van der Waals surface area contributed by atoms with Gasteiger partial charge in [0.05, 0.1) is 6.61 Å². The molecule has 0 amide bonds. The summed E-state index contributed by atoms with van der Waals surface area (Å²) in [5.74, 6) is -1.35. The zero-order valence-electron chi connectivity index (χ0n) is 9.66. The van der Waals surface area contributed by atoms with Crippen LogP contribution in [0.25, 0.3) is 0 Å². The summed E-state index contributed by atoms with van der Waals surface area (Å²) in [7, 11) is 0. The van der Waals surface area contributed by atoms with Gasteiger partial charge in [-0.3, -0.25) is 0 Å². The lowest BCUT2D eigenvalue weighted by Crippen LogP contribution is -2.37. The van der Waals surface area contributed by atoms with Gasteiger partial charge in [0.15, 0.2) is 11.6 Å². The third kappa shape index (κ3) is 3.01. The molecule has 0 radical (unpaired) electrons. The van der Waals surface area contributed by atoms with E-state index in [1.807, 2.05) is 0 Å². The molecule has 1 aliphatic rings. The van der Waals surface area contributed by atoms with E-state index in [0.29, 0.717) is 18.6 Å². The smallest absolute Gasteiger partial charge is 0.162 e. The molecule has 0 aromatic heterocycles. The molecule has 1 saturated heterocycles. The number of benzene rings is 1. The third-order valence-corrected chi connectivity index (χ3v) is 3.29. The van der Waals surface area contributed by atoms with Gasteiger partial charge in [0.25, 0.3) is 0 Å².